The van der Waals surface area contributed by atoms with E-state index in [1.165, 1.54) is 13.2 Å². The molecule has 1 aliphatic rings. The van der Waals surface area contributed by atoms with Crippen LogP contribution in [0.15, 0.2) is 11.2 Å². The van der Waals surface area contributed by atoms with Gasteiger partial charge in [-0.3, -0.25) is 4.79 Å². The summed E-state index contributed by atoms with van der Waals surface area (Å²) in [5, 5.41) is 4.26. The van der Waals surface area contributed by atoms with E-state index >= 15 is 0 Å². The maximum atomic E-state index is 14.4. The van der Waals surface area contributed by atoms with Gasteiger partial charge in [0.1, 0.15) is 11.6 Å². The van der Waals surface area contributed by atoms with Crippen molar-refractivity contribution < 1.29 is 13.9 Å². The van der Waals surface area contributed by atoms with Gasteiger partial charge in [-0.2, -0.15) is 5.10 Å². The molecule has 1 aliphatic heterocycles. The van der Waals surface area contributed by atoms with Gasteiger partial charge in [0.15, 0.2) is 0 Å². The summed E-state index contributed by atoms with van der Waals surface area (Å²) < 4.78 is 19.4. The number of benzene rings is 1. The molecule has 6 heteroatoms. The largest absolute Gasteiger partial charge is 0.495 e. The first kappa shape index (κ1) is 13.8. The summed E-state index contributed by atoms with van der Waals surface area (Å²) in [5.74, 6) is -0.445. The molecule has 0 radical (unpaired) electrons. The highest BCUT2D eigenvalue weighted by molar-refractivity contribution is 6.32. The molecular weight excluding hydrogens is 271 g/mol. The van der Waals surface area contributed by atoms with Crippen LogP contribution in [0.4, 0.5) is 4.39 Å². The zero-order chi connectivity index (χ0) is 14.2. The molecule has 4 nitrogen and oxygen atoms in total. The Morgan fingerprint density at radius 2 is 2.26 bits per heavy atom. The normalized spacial score (nSPS) is 18.9. The summed E-state index contributed by atoms with van der Waals surface area (Å²) in [6, 6.07) is 1.48. The van der Waals surface area contributed by atoms with Crippen molar-refractivity contribution in [3.63, 3.8) is 0 Å². The van der Waals surface area contributed by atoms with E-state index < -0.39 is 5.82 Å². The Hall–Kier alpha value is -1.62. The number of halogens is 2. The molecule has 19 heavy (non-hydrogen) atoms. The van der Waals surface area contributed by atoms with E-state index in [9.17, 15) is 9.18 Å². The second-order valence-corrected chi connectivity index (χ2v) is 4.92. The first-order chi connectivity index (χ1) is 8.95. The Balaban J connectivity index is 2.55. The average Bonchev–Trinajstić information content (AvgIpc) is 2.35. The fourth-order valence-electron chi connectivity index (χ4n) is 2.15. The molecule has 1 N–H and O–H groups in total. The number of carbonyl (C=O) groups excluding carboxylic acids is 1. The Morgan fingerprint density at radius 3 is 2.84 bits per heavy atom. The lowest BCUT2D eigenvalue weighted by Gasteiger charge is -2.21. The highest BCUT2D eigenvalue weighted by Crippen LogP contribution is 2.34. The topological polar surface area (TPSA) is 50.7 Å². The van der Waals surface area contributed by atoms with Gasteiger partial charge in [0.25, 0.3) is 0 Å². The van der Waals surface area contributed by atoms with Crippen molar-refractivity contribution in [2.24, 2.45) is 11.0 Å². The zero-order valence-corrected chi connectivity index (χ0v) is 11.6. The SMILES string of the molecule is COc1c(Cl)cc(C2=NNC(=O)CC2C)c(F)c1C. The van der Waals surface area contributed by atoms with Gasteiger partial charge in [0, 0.05) is 23.5 Å². The van der Waals surface area contributed by atoms with Crippen LogP contribution in [0.1, 0.15) is 24.5 Å². The number of nitrogens with zero attached hydrogens (tertiary/aromatic N) is 1. The van der Waals surface area contributed by atoms with Gasteiger partial charge < -0.3 is 4.74 Å². The predicted molar refractivity (Wildman–Crippen MR) is 71.2 cm³/mol. The van der Waals surface area contributed by atoms with Crippen LogP contribution in [-0.2, 0) is 4.79 Å². The Bertz CT molecular complexity index is 572. The van der Waals surface area contributed by atoms with Crippen LogP contribution in [0.25, 0.3) is 0 Å². The third kappa shape index (κ3) is 2.42. The van der Waals surface area contributed by atoms with Gasteiger partial charge in [-0.25, -0.2) is 9.82 Å². The molecule has 102 valence electrons. The maximum absolute atomic E-state index is 14.4. The Labute approximate surface area is 115 Å². The van der Waals surface area contributed by atoms with E-state index in [2.05, 4.69) is 10.5 Å². The van der Waals surface area contributed by atoms with Gasteiger partial charge in [0.2, 0.25) is 5.91 Å². The van der Waals surface area contributed by atoms with E-state index in [1.807, 2.05) is 6.92 Å². The second-order valence-electron chi connectivity index (χ2n) is 4.52. The van der Waals surface area contributed by atoms with Gasteiger partial charge >= 0.3 is 0 Å². The number of nitrogens with one attached hydrogen (secondary N) is 1. The van der Waals surface area contributed by atoms with Crippen LogP contribution in [0.3, 0.4) is 0 Å². The van der Waals surface area contributed by atoms with Crippen molar-refractivity contribution in [2.45, 2.75) is 20.3 Å². The minimum absolute atomic E-state index is 0.160. The van der Waals surface area contributed by atoms with E-state index in [4.69, 9.17) is 16.3 Å². The van der Waals surface area contributed by atoms with Crippen LogP contribution in [-0.4, -0.2) is 18.7 Å². The molecule has 1 heterocycles. The standard InChI is InChI=1S/C13H14ClFN2O2/c1-6-4-10(18)16-17-12(6)8-5-9(14)13(19-3)7(2)11(8)15/h5-6H,4H2,1-3H3,(H,16,18). The lowest BCUT2D eigenvalue weighted by molar-refractivity contribution is -0.121. The molecule has 1 unspecified atom stereocenters. The minimum Gasteiger partial charge on any atom is -0.495 e. The molecule has 0 aliphatic carbocycles. The summed E-state index contributed by atoms with van der Waals surface area (Å²) in [6.45, 7) is 3.42. The van der Waals surface area contributed by atoms with Gasteiger partial charge in [-0.05, 0) is 13.0 Å². The molecule has 0 aromatic heterocycles. The van der Waals surface area contributed by atoms with Crippen LogP contribution >= 0.6 is 11.6 Å². The van der Waals surface area contributed by atoms with E-state index in [0.717, 1.165) is 0 Å². The van der Waals surface area contributed by atoms with Gasteiger partial charge in [-0.1, -0.05) is 18.5 Å². The number of amides is 1. The quantitative estimate of drug-likeness (QED) is 0.908. The van der Waals surface area contributed by atoms with Crippen LogP contribution in [0.2, 0.25) is 5.02 Å². The molecule has 1 amide bonds. The smallest absolute Gasteiger partial charge is 0.240 e. The van der Waals surface area contributed by atoms with Crippen molar-refractivity contribution in [2.75, 3.05) is 7.11 Å². The molecule has 1 aromatic carbocycles. The first-order valence-corrected chi connectivity index (χ1v) is 6.22. The van der Waals surface area contributed by atoms with Crippen molar-refractivity contribution in [3.05, 3.63) is 28.0 Å². The van der Waals surface area contributed by atoms with Gasteiger partial charge in [-0.15, -0.1) is 0 Å². The number of hydrogen-bond donors (Lipinski definition) is 1. The average molecular weight is 285 g/mol. The minimum atomic E-state index is -0.428. The summed E-state index contributed by atoms with van der Waals surface area (Å²) in [4.78, 5) is 11.2. The maximum Gasteiger partial charge on any atom is 0.240 e. The highest BCUT2D eigenvalue weighted by Gasteiger charge is 2.26. The molecule has 1 aromatic rings. The summed E-state index contributed by atoms with van der Waals surface area (Å²) in [7, 11) is 1.44. The fraction of sp³-hybridized carbons (Fsp3) is 0.385. The first-order valence-electron chi connectivity index (χ1n) is 5.85. The molecule has 0 bridgehead atoms. The summed E-state index contributed by atoms with van der Waals surface area (Å²) in [6.07, 6.45) is 0.279. The third-order valence-electron chi connectivity index (χ3n) is 3.13. The molecule has 1 atom stereocenters. The van der Waals surface area contributed by atoms with E-state index in [-0.39, 0.29) is 18.2 Å². The molecule has 0 saturated carbocycles. The van der Waals surface area contributed by atoms with Crippen molar-refractivity contribution in [1.29, 1.82) is 0 Å². The van der Waals surface area contributed by atoms with Crippen LogP contribution in [0, 0.1) is 18.7 Å². The molecule has 0 spiro atoms. The predicted octanol–water partition coefficient (Wildman–Crippen LogP) is 2.66. The lowest BCUT2D eigenvalue weighted by Crippen LogP contribution is -2.32. The summed E-state index contributed by atoms with van der Waals surface area (Å²) in [5.41, 5.74) is 3.49. The van der Waals surface area contributed by atoms with Gasteiger partial charge in [0.05, 0.1) is 17.8 Å². The van der Waals surface area contributed by atoms with E-state index in [0.29, 0.717) is 27.6 Å². The number of hydrogen-bond acceptors (Lipinski definition) is 3. The molecule has 0 saturated heterocycles. The highest BCUT2D eigenvalue weighted by atomic mass is 35.5. The van der Waals surface area contributed by atoms with Crippen LogP contribution < -0.4 is 10.2 Å². The molecule has 0 fully saturated rings. The molecule has 2 rings (SSSR count). The monoisotopic (exact) mass is 284 g/mol. The van der Waals surface area contributed by atoms with Crippen molar-refractivity contribution >= 4 is 23.2 Å². The Kier molecular flexibility index (Phi) is 3.75. The lowest BCUT2D eigenvalue weighted by atomic mass is 9.92. The second kappa shape index (κ2) is 5.17. The zero-order valence-electron chi connectivity index (χ0n) is 10.9. The number of rotatable bonds is 2. The number of carbonyl (C=O) groups is 1. The van der Waals surface area contributed by atoms with Crippen molar-refractivity contribution in [3.8, 4) is 5.75 Å². The van der Waals surface area contributed by atoms with Crippen LogP contribution in [0.5, 0.6) is 5.75 Å². The number of hydrazone groups is 1. The number of ether oxygens (including phenoxy) is 1. The number of methoxy groups -OCH3 is 1. The van der Waals surface area contributed by atoms with E-state index in [1.54, 1.807) is 6.92 Å². The Morgan fingerprint density at radius 1 is 1.58 bits per heavy atom. The fourth-order valence-corrected chi connectivity index (χ4v) is 2.48. The molecular formula is C13H14ClFN2O2. The summed E-state index contributed by atoms with van der Waals surface area (Å²) >= 11 is 6.07. The van der Waals surface area contributed by atoms with Crippen molar-refractivity contribution in [1.82, 2.24) is 5.43 Å². The third-order valence-corrected chi connectivity index (χ3v) is 3.41.